The van der Waals surface area contributed by atoms with Gasteiger partial charge in [-0.15, -0.1) is 0 Å². The van der Waals surface area contributed by atoms with Gasteiger partial charge in [-0.1, -0.05) is 0 Å². The topological polar surface area (TPSA) is 78.4 Å². The second-order valence-corrected chi connectivity index (χ2v) is 2.13. The number of hydrogen-bond acceptors (Lipinski definition) is 3. The van der Waals surface area contributed by atoms with Crippen molar-refractivity contribution < 1.29 is 14.8 Å². The van der Waals surface area contributed by atoms with Crippen molar-refractivity contribution in [1.82, 2.24) is 10.8 Å². The molecule has 0 aliphatic carbocycles. The predicted molar refractivity (Wildman–Crippen MR) is 31.1 cm³/mol. The van der Waals surface area contributed by atoms with Crippen molar-refractivity contribution in [2.24, 2.45) is 0 Å². The number of carbonyl (C=O) groups excluding carboxylic acids is 2. The first kappa shape index (κ1) is 7.01. The minimum atomic E-state index is -0.550. The van der Waals surface area contributed by atoms with Crippen LogP contribution in [-0.2, 0) is 9.59 Å². The fourth-order valence-electron chi connectivity index (χ4n) is 0.889. The highest BCUT2D eigenvalue weighted by Crippen LogP contribution is 2.05. The zero-order chi connectivity index (χ0) is 7.56. The minimum absolute atomic E-state index is 0.145. The Morgan fingerprint density at radius 1 is 1.80 bits per heavy atom. The highest BCUT2D eigenvalue weighted by molar-refractivity contribution is 5.90. The first-order chi connectivity index (χ1) is 4.74. The number of amides is 2. The molecule has 1 atom stereocenters. The summed E-state index contributed by atoms with van der Waals surface area (Å²) in [5.41, 5.74) is 1.47. The molecule has 0 bridgehead atoms. The van der Waals surface area contributed by atoms with Crippen molar-refractivity contribution in [2.45, 2.75) is 18.9 Å². The van der Waals surface area contributed by atoms with E-state index in [2.05, 4.69) is 5.32 Å². The highest BCUT2D eigenvalue weighted by atomic mass is 16.5. The van der Waals surface area contributed by atoms with Crippen molar-refractivity contribution in [1.29, 1.82) is 0 Å². The van der Waals surface area contributed by atoms with Crippen LogP contribution in [0, 0.1) is 0 Å². The summed E-state index contributed by atoms with van der Waals surface area (Å²) >= 11 is 0. The maximum absolute atomic E-state index is 10.6. The Morgan fingerprint density at radius 2 is 2.50 bits per heavy atom. The highest BCUT2D eigenvalue weighted by Gasteiger charge is 2.26. The molecule has 1 heterocycles. The van der Waals surface area contributed by atoms with E-state index in [1.54, 1.807) is 0 Å². The van der Waals surface area contributed by atoms with Crippen molar-refractivity contribution in [3.8, 4) is 0 Å². The van der Waals surface area contributed by atoms with Gasteiger partial charge >= 0.3 is 0 Å². The van der Waals surface area contributed by atoms with Gasteiger partial charge < -0.3 is 5.32 Å². The maximum Gasteiger partial charge on any atom is 0.265 e. The molecule has 56 valence electrons. The molecule has 1 aliphatic heterocycles. The van der Waals surface area contributed by atoms with E-state index in [9.17, 15) is 9.59 Å². The maximum atomic E-state index is 10.6. The molecule has 0 unspecified atom stereocenters. The average Bonchev–Trinajstić information content (AvgIpc) is 2.34. The smallest absolute Gasteiger partial charge is 0.265 e. The SMILES string of the molecule is O=C1CC[C@H](C(=O)NO)N1. The minimum Gasteiger partial charge on any atom is -0.344 e. The standard InChI is InChI=1S/C5H8N2O3/c8-4-2-1-3(6-4)5(9)7-10/h3,10H,1-2H2,(H,6,8)(H,7,9)/t3-/m1/s1. The Balaban J connectivity index is 2.44. The predicted octanol–water partition coefficient (Wildman–Crippen LogP) is -1.23. The van der Waals surface area contributed by atoms with Crippen LogP contribution in [0.4, 0.5) is 0 Å². The van der Waals surface area contributed by atoms with Gasteiger partial charge in [0.2, 0.25) is 5.91 Å². The Kier molecular flexibility index (Phi) is 1.86. The third kappa shape index (κ3) is 1.24. The van der Waals surface area contributed by atoms with Gasteiger partial charge in [0.1, 0.15) is 6.04 Å². The van der Waals surface area contributed by atoms with Crippen LogP contribution in [0.5, 0.6) is 0 Å². The third-order valence-corrected chi connectivity index (χ3v) is 1.42. The van der Waals surface area contributed by atoms with Crippen LogP contribution in [-0.4, -0.2) is 23.1 Å². The van der Waals surface area contributed by atoms with Crippen molar-refractivity contribution in [2.75, 3.05) is 0 Å². The lowest BCUT2D eigenvalue weighted by molar-refractivity contribution is -0.132. The molecule has 1 aliphatic rings. The molecule has 1 rings (SSSR count). The largest absolute Gasteiger partial charge is 0.344 e. The molecule has 0 saturated carbocycles. The summed E-state index contributed by atoms with van der Waals surface area (Å²) in [7, 11) is 0. The van der Waals surface area contributed by atoms with Gasteiger partial charge in [0, 0.05) is 6.42 Å². The van der Waals surface area contributed by atoms with Gasteiger partial charge in [0.15, 0.2) is 0 Å². The summed E-state index contributed by atoms with van der Waals surface area (Å²) in [6, 6.07) is -0.544. The number of nitrogens with one attached hydrogen (secondary N) is 2. The van der Waals surface area contributed by atoms with E-state index >= 15 is 0 Å². The summed E-state index contributed by atoms with van der Waals surface area (Å²) in [6.07, 6.45) is 0.823. The van der Waals surface area contributed by atoms with Crippen LogP contribution in [0.2, 0.25) is 0 Å². The second kappa shape index (κ2) is 2.66. The van der Waals surface area contributed by atoms with Gasteiger partial charge in [-0.3, -0.25) is 14.8 Å². The molecule has 5 nitrogen and oxygen atoms in total. The van der Waals surface area contributed by atoms with Gasteiger partial charge in [0.25, 0.3) is 5.91 Å². The zero-order valence-corrected chi connectivity index (χ0v) is 5.26. The Hall–Kier alpha value is -1.10. The molecule has 10 heavy (non-hydrogen) atoms. The fourth-order valence-corrected chi connectivity index (χ4v) is 0.889. The summed E-state index contributed by atoms with van der Waals surface area (Å²) in [5, 5.41) is 10.5. The average molecular weight is 144 g/mol. The lowest BCUT2D eigenvalue weighted by atomic mass is 10.2. The number of carbonyl (C=O) groups is 2. The Morgan fingerprint density at radius 3 is 2.90 bits per heavy atom. The molecule has 2 amide bonds. The third-order valence-electron chi connectivity index (χ3n) is 1.42. The first-order valence-corrected chi connectivity index (χ1v) is 2.97. The van der Waals surface area contributed by atoms with Crippen LogP contribution in [0.3, 0.4) is 0 Å². The lowest BCUT2D eigenvalue weighted by Gasteiger charge is -2.04. The summed E-state index contributed by atoms with van der Waals surface area (Å²) in [5.74, 6) is -0.695. The monoisotopic (exact) mass is 144 g/mol. The van der Waals surface area contributed by atoms with E-state index < -0.39 is 11.9 Å². The van der Waals surface area contributed by atoms with Crippen LogP contribution < -0.4 is 10.8 Å². The molecule has 0 aromatic carbocycles. The molecular weight excluding hydrogens is 136 g/mol. The normalized spacial score (nSPS) is 24.1. The fraction of sp³-hybridized carbons (Fsp3) is 0.600. The van der Waals surface area contributed by atoms with Crippen LogP contribution in [0.15, 0.2) is 0 Å². The molecule has 1 fully saturated rings. The molecule has 3 N–H and O–H groups in total. The summed E-state index contributed by atoms with van der Waals surface area (Å²) in [6.45, 7) is 0. The van der Waals surface area contributed by atoms with E-state index in [0.717, 1.165) is 0 Å². The van der Waals surface area contributed by atoms with Gasteiger partial charge in [-0.25, -0.2) is 5.48 Å². The molecular formula is C5H8N2O3. The zero-order valence-electron chi connectivity index (χ0n) is 5.26. The number of rotatable bonds is 1. The van der Waals surface area contributed by atoms with Gasteiger partial charge in [-0.2, -0.15) is 0 Å². The molecule has 0 aromatic rings. The van der Waals surface area contributed by atoms with E-state index in [-0.39, 0.29) is 5.91 Å². The van der Waals surface area contributed by atoms with E-state index in [4.69, 9.17) is 5.21 Å². The lowest BCUT2D eigenvalue weighted by Crippen LogP contribution is -2.40. The number of hydrogen-bond donors (Lipinski definition) is 3. The molecule has 0 radical (unpaired) electrons. The Labute approximate surface area is 57.4 Å². The van der Waals surface area contributed by atoms with Crippen LogP contribution in [0.1, 0.15) is 12.8 Å². The van der Waals surface area contributed by atoms with Crippen molar-refractivity contribution in [3.63, 3.8) is 0 Å². The molecule has 1 saturated heterocycles. The van der Waals surface area contributed by atoms with E-state index in [0.29, 0.717) is 12.8 Å². The first-order valence-electron chi connectivity index (χ1n) is 2.97. The van der Waals surface area contributed by atoms with Crippen molar-refractivity contribution in [3.05, 3.63) is 0 Å². The second-order valence-electron chi connectivity index (χ2n) is 2.13. The van der Waals surface area contributed by atoms with Gasteiger partial charge in [0.05, 0.1) is 0 Å². The van der Waals surface area contributed by atoms with Crippen LogP contribution >= 0.6 is 0 Å². The molecule has 5 heteroatoms. The quantitative estimate of drug-likeness (QED) is 0.318. The summed E-state index contributed by atoms with van der Waals surface area (Å²) in [4.78, 5) is 21.1. The van der Waals surface area contributed by atoms with E-state index in [1.165, 1.54) is 5.48 Å². The van der Waals surface area contributed by atoms with Crippen LogP contribution in [0.25, 0.3) is 0 Å². The summed E-state index contributed by atoms with van der Waals surface area (Å²) < 4.78 is 0. The molecule has 0 spiro atoms. The molecule has 0 aromatic heterocycles. The van der Waals surface area contributed by atoms with Gasteiger partial charge in [-0.05, 0) is 6.42 Å². The van der Waals surface area contributed by atoms with E-state index in [1.807, 2.05) is 0 Å². The number of hydroxylamine groups is 1. The van der Waals surface area contributed by atoms with Crippen molar-refractivity contribution >= 4 is 11.8 Å². The Bertz CT molecular complexity index is 168.